The number of carbonyl (C=O) groups is 2. The van der Waals surface area contributed by atoms with E-state index in [4.69, 9.17) is 9.47 Å². The van der Waals surface area contributed by atoms with Gasteiger partial charge < -0.3 is 19.7 Å². The maximum Gasteiger partial charge on any atom is 0.244 e. The number of anilines is 1. The third kappa shape index (κ3) is 7.63. The Labute approximate surface area is 226 Å². The highest BCUT2D eigenvalue weighted by Gasteiger charge is 2.32. The fourth-order valence-corrected chi connectivity index (χ4v) is 5.59. The predicted octanol–water partition coefficient (Wildman–Crippen LogP) is 3.64. The molecule has 0 heterocycles. The van der Waals surface area contributed by atoms with Crippen LogP contribution in [0.25, 0.3) is 0 Å². The minimum atomic E-state index is -3.90. The quantitative estimate of drug-likeness (QED) is 0.462. The molecule has 1 aliphatic carbocycles. The van der Waals surface area contributed by atoms with E-state index in [2.05, 4.69) is 5.32 Å². The van der Waals surface area contributed by atoms with Gasteiger partial charge in [-0.25, -0.2) is 8.42 Å². The van der Waals surface area contributed by atoms with Crippen LogP contribution in [-0.2, 0) is 26.2 Å². The molecule has 1 saturated carbocycles. The molecule has 38 heavy (non-hydrogen) atoms. The van der Waals surface area contributed by atoms with E-state index in [1.165, 1.54) is 25.2 Å². The maximum atomic E-state index is 13.8. The van der Waals surface area contributed by atoms with Gasteiger partial charge in [0.2, 0.25) is 21.8 Å². The summed E-state index contributed by atoms with van der Waals surface area (Å²) in [5, 5.41) is 3.10. The number of rotatable bonds is 11. The van der Waals surface area contributed by atoms with E-state index in [0.29, 0.717) is 5.75 Å². The van der Waals surface area contributed by atoms with E-state index in [0.717, 1.165) is 53.8 Å². The number of nitrogens with zero attached hydrogens (tertiary/aromatic N) is 2. The third-order valence-corrected chi connectivity index (χ3v) is 8.01. The molecule has 0 bridgehead atoms. The Bertz CT molecular complexity index is 1230. The number of ether oxygens (including phenoxy) is 2. The van der Waals surface area contributed by atoms with Crippen LogP contribution < -0.4 is 19.1 Å². The lowest BCUT2D eigenvalue weighted by atomic mass is 9.95. The van der Waals surface area contributed by atoms with Crippen molar-refractivity contribution in [1.82, 2.24) is 10.2 Å². The van der Waals surface area contributed by atoms with Crippen LogP contribution in [0.1, 0.15) is 50.2 Å². The van der Waals surface area contributed by atoms with Gasteiger partial charge in [0.1, 0.15) is 24.1 Å². The van der Waals surface area contributed by atoms with E-state index in [1.807, 2.05) is 31.2 Å². The van der Waals surface area contributed by atoms with Crippen LogP contribution in [0.3, 0.4) is 0 Å². The number of carbonyl (C=O) groups excluding carboxylic acids is 2. The number of nitrogens with one attached hydrogen (secondary N) is 1. The average molecular weight is 546 g/mol. The number of methoxy groups -OCH3 is 2. The van der Waals surface area contributed by atoms with Gasteiger partial charge in [-0.1, -0.05) is 49.1 Å². The number of benzene rings is 2. The van der Waals surface area contributed by atoms with E-state index in [1.54, 1.807) is 19.1 Å². The van der Waals surface area contributed by atoms with Crippen LogP contribution in [0.5, 0.6) is 11.5 Å². The summed E-state index contributed by atoms with van der Waals surface area (Å²) in [5.74, 6) is -0.0630. The van der Waals surface area contributed by atoms with E-state index in [9.17, 15) is 18.0 Å². The Morgan fingerprint density at radius 3 is 2.37 bits per heavy atom. The molecular weight excluding hydrogens is 506 g/mol. The summed E-state index contributed by atoms with van der Waals surface area (Å²) < 4.78 is 37.5. The molecule has 0 aliphatic heterocycles. The van der Waals surface area contributed by atoms with Gasteiger partial charge in [-0.3, -0.25) is 13.9 Å². The molecule has 10 heteroatoms. The predicted molar refractivity (Wildman–Crippen MR) is 148 cm³/mol. The molecule has 1 fully saturated rings. The van der Waals surface area contributed by atoms with Crippen LogP contribution in [0.4, 0.5) is 5.69 Å². The zero-order valence-electron chi connectivity index (χ0n) is 22.9. The van der Waals surface area contributed by atoms with Crippen LogP contribution in [0.2, 0.25) is 0 Å². The molecule has 2 aromatic carbocycles. The van der Waals surface area contributed by atoms with Crippen molar-refractivity contribution < 1.29 is 27.5 Å². The van der Waals surface area contributed by atoms with Crippen LogP contribution in [0.15, 0.2) is 42.5 Å². The minimum absolute atomic E-state index is 0.0863. The normalized spacial score (nSPS) is 14.9. The number of hydrogen-bond acceptors (Lipinski definition) is 6. The van der Waals surface area contributed by atoms with Gasteiger partial charge in [-0.05, 0) is 44.4 Å². The van der Waals surface area contributed by atoms with Gasteiger partial charge in [0.25, 0.3) is 0 Å². The molecule has 1 N–H and O–H groups in total. The van der Waals surface area contributed by atoms with E-state index >= 15 is 0 Å². The van der Waals surface area contributed by atoms with Crippen molar-refractivity contribution in [2.75, 3.05) is 31.3 Å². The SMILES string of the molecule is COc1ccc(OC)c(N(CC(=O)N(Cc2cccc(C)c2)C(C)C(=O)NC2CCCCC2)S(C)(=O)=O)c1. The highest BCUT2D eigenvalue weighted by molar-refractivity contribution is 7.92. The van der Waals surface area contributed by atoms with Crippen molar-refractivity contribution in [1.29, 1.82) is 0 Å². The lowest BCUT2D eigenvalue weighted by Gasteiger charge is -2.33. The zero-order valence-corrected chi connectivity index (χ0v) is 23.7. The van der Waals surface area contributed by atoms with Gasteiger partial charge in [-0.2, -0.15) is 0 Å². The smallest absolute Gasteiger partial charge is 0.244 e. The number of hydrogen-bond donors (Lipinski definition) is 1. The molecule has 9 nitrogen and oxygen atoms in total. The molecule has 2 amide bonds. The van der Waals surface area contributed by atoms with Gasteiger partial charge >= 0.3 is 0 Å². The fraction of sp³-hybridized carbons (Fsp3) is 0.500. The highest BCUT2D eigenvalue weighted by Crippen LogP contribution is 2.34. The Kier molecular flexibility index (Phi) is 10.0. The van der Waals surface area contributed by atoms with Gasteiger partial charge in [-0.15, -0.1) is 0 Å². The first kappa shape index (κ1) is 29.3. The second-order valence-electron chi connectivity index (χ2n) is 9.84. The van der Waals surface area contributed by atoms with Crippen molar-refractivity contribution in [2.45, 2.75) is 64.6 Å². The molecule has 1 atom stereocenters. The number of sulfonamides is 1. The first-order chi connectivity index (χ1) is 18.0. The Balaban J connectivity index is 1.93. The molecule has 1 unspecified atom stereocenters. The van der Waals surface area contributed by atoms with Crippen LogP contribution >= 0.6 is 0 Å². The standard InChI is InChI=1S/C28H39N3O6S/c1-20-10-9-11-22(16-20)18-30(21(2)28(33)29-23-12-7-6-8-13-23)27(32)19-31(38(5,34)35)25-17-24(36-3)14-15-26(25)37-4/h9-11,14-17,21,23H,6-8,12-13,18-19H2,1-5H3,(H,29,33). The van der Waals surface area contributed by atoms with Crippen molar-refractivity contribution in [3.05, 3.63) is 53.6 Å². The number of aryl methyl sites for hydroxylation is 1. The lowest BCUT2D eigenvalue weighted by Crippen LogP contribution is -2.53. The Hall–Kier alpha value is -3.27. The van der Waals surface area contributed by atoms with Crippen LogP contribution in [-0.4, -0.2) is 64.2 Å². The second kappa shape index (κ2) is 13.0. The van der Waals surface area contributed by atoms with Crippen molar-refractivity contribution >= 4 is 27.5 Å². The summed E-state index contributed by atoms with van der Waals surface area (Å²) in [7, 11) is -1.01. The van der Waals surface area contributed by atoms with E-state index in [-0.39, 0.29) is 29.9 Å². The molecule has 0 aromatic heterocycles. The molecular formula is C28H39N3O6S. The number of amides is 2. The minimum Gasteiger partial charge on any atom is -0.497 e. The summed E-state index contributed by atoms with van der Waals surface area (Å²) in [6.45, 7) is 3.29. The Morgan fingerprint density at radius 1 is 1.05 bits per heavy atom. The van der Waals surface area contributed by atoms with E-state index < -0.39 is 28.5 Å². The zero-order chi connectivity index (χ0) is 27.9. The lowest BCUT2D eigenvalue weighted by molar-refractivity contribution is -0.139. The van der Waals surface area contributed by atoms with Gasteiger partial charge in [0, 0.05) is 18.7 Å². The first-order valence-electron chi connectivity index (χ1n) is 12.9. The van der Waals surface area contributed by atoms with Crippen LogP contribution in [0, 0.1) is 6.92 Å². The summed E-state index contributed by atoms with van der Waals surface area (Å²) in [6, 6.07) is 11.7. The van der Waals surface area contributed by atoms with Crippen molar-refractivity contribution in [2.24, 2.45) is 0 Å². The van der Waals surface area contributed by atoms with Crippen molar-refractivity contribution in [3.63, 3.8) is 0 Å². The summed E-state index contributed by atoms with van der Waals surface area (Å²) in [4.78, 5) is 28.5. The topological polar surface area (TPSA) is 105 Å². The Morgan fingerprint density at radius 2 is 1.76 bits per heavy atom. The first-order valence-corrected chi connectivity index (χ1v) is 14.7. The maximum absolute atomic E-state index is 13.8. The summed E-state index contributed by atoms with van der Waals surface area (Å²) >= 11 is 0. The second-order valence-corrected chi connectivity index (χ2v) is 11.7. The monoisotopic (exact) mass is 545 g/mol. The molecule has 208 valence electrons. The molecule has 0 saturated heterocycles. The molecule has 1 aliphatic rings. The largest absolute Gasteiger partial charge is 0.497 e. The average Bonchev–Trinajstić information content (AvgIpc) is 2.89. The van der Waals surface area contributed by atoms with Crippen molar-refractivity contribution in [3.8, 4) is 11.5 Å². The molecule has 0 radical (unpaired) electrons. The highest BCUT2D eigenvalue weighted by atomic mass is 32.2. The summed E-state index contributed by atoms with van der Waals surface area (Å²) in [5.41, 5.74) is 2.05. The third-order valence-electron chi connectivity index (χ3n) is 6.89. The molecule has 3 rings (SSSR count). The fourth-order valence-electron chi connectivity index (χ4n) is 4.74. The molecule has 0 spiro atoms. The van der Waals surface area contributed by atoms with Gasteiger partial charge in [0.05, 0.1) is 26.2 Å². The van der Waals surface area contributed by atoms with Gasteiger partial charge in [0.15, 0.2) is 0 Å². The summed E-state index contributed by atoms with van der Waals surface area (Å²) in [6.07, 6.45) is 6.16. The molecule has 2 aromatic rings.